The van der Waals surface area contributed by atoms with Gasteiger partial charge in [-0.1, -0.05) is 37.0 Å². The molecule has 3 fully saturated rings. The summed E-state index contributed by atoms with van der Waals surface area (Å²) in [4.78, 5) is 67.2. The van der Waals surface area contributed by atoms with Crippen molar-refractivity contribution in [3.8, 4) is 5.75 Å². The fraction of sp³-hybridized carbons (Fsp3) is 0.517. The first-order valence-corrected chi connectivity index (χ1v) is 14.9. The molecule has 2 aliphatic heterocycles. The van der Waals surface area contributed by atoms with E-state index in [1.54, 1.807) is 36.1 Å². The highest BCUT2D eigenvalue weighted by Crippen LogP contribution is 2.64. The number of nitrogens with one attached hydrogen (secondary N) is 3. The Labute approximate surface area is 258 Å². The van der Waals surface area contributed by atoms with Gasteiger partial charge in [0.1, 0.15) is 11.8 Å². The number of amides is 4. The highest BCUT2D eigenvalue weighted by molar-refractivity contribution is 6.38. The molecule has 0 spiro atoms. The second-order valence-corrected chi connectivity index (χ2v) is 12.8. The van der Waals surface area contributed by atoms with E-state index in [4.69, 9.17) is 27.9 Å². The van der Waals surface area contributed by atoms with Crippen LogP contribution in [0.4, 0.5) is 0 Å². The predicted octanol–water partition coefficient (Wildman–Crippen LogP) is 1.49. The van der Waals surface area contributed by atoms with Crippen molar-refractivity contribution in [2.45, 2.75) is 45.3 Å². The first-order chi connectivity index (χ1) is 20.4. The van der Waals surface area contributed by atoms with Crippen LogP contribution in [0, 0.1) is 23.2 Å². The van der Waals surface area contributed by atoms with Crippen molar-refractivity contribution < 1.29 is 28.7 Å². The van der Waals surface area contributed by atoms with Gasteiger partial charge in [0.25, 0.3) is 11.8 Å². The lowest BCUT2D eigenvalue weighted by Crippen LogP contribution is -2.56. The molecule has 3 aliphatic rings. The molecule has 5 rings (SSSR count). The molecular formula is C29H34Cl2N6O6. The number of halogens is 2. The van der Waals surface area contributed by atoms with Crippen LogP contribution < -0.4 is 20.7 Å². The van der Waals surface area contributed by atoms with E-state index in [0.29, 0.717) is 30.2 Å². The molecule has 3 heterocycles. The fourth-order valence-electron chi connectivity index (χ4n) is 6.27. The molecule has 4 amide bonds. The van der Waals surface area contributed by atoms with Crippen LogP contribution in [0.25, 0.3) is 0 Å². The van der Waals surface area contributed by atoms with Crippen molar-refractivity contribution >= 4 is 52.6 Å². The molecule has 14 heteroatoms. The number of benzene rings is 1. The quantitative estimate of drug-likeness (QED) is 0.317. The molecular weight excluding hydrogens is 599 g/mol. The second-order valence-electron chi connectivity index (χ2n) is 11.9. The van der Waals surface area contributed by atoms with Crippen LogP contribution in [0.5, 0.6) is 5.75 Å². The lowest BCUT2D eigenvalue weighted by Gasteiger charge is -2.31. The average molecular weight is 634 g/mol. The Morgan fingerprint density at radius 3 is 2.63 bits per heavy atom. The highest BCUT2D eigenvalue weighted by Gasteiger charge is 2.69. The summed E-state index contributed by atoms with van der Waals surface area (Å²) in [5, 5.41) is 12.9. The minimum absolute atomic E-state index is 0.0243. The van der Waals surface area contributed by atoms with E-state index in [-0.39, 0.29) is 53.5 Å². The van der Waals surface area contributed by atoms with E-state index in [2.05, 4.69) is 21.0 Å². The summed E-state index contributed by atoms with van der Waals surface area (Å²) < 4.78 is 7.21. The molecule has 230 valence electrons. The molecule has 1 aromatic heterocycles. The summed E-state index contributed by atoms with van der Waals surface area (Å²) in [6.07, 6.45) is 2.15. The topological polar surface area (TPSA) is 152 Å². The maximum Gasteiger partial charge on any atom is 0.289 e. The summed E-state index contributed by atoms with van der Waals surface area (Å²) in [6, 6.07) is 4.22. The Balaban J connectivity index is 1.29. The van der Waals surface area contributed by atoms with Crippen molar-refractivity contribution in [2.75, 3.05) is 19.7 Å². The molecule has 1 aromatic carbocycles. The van der Waals surface area contributed by atoms with Gasteiger partial charge < -0.3 is 25.6 Å². The molecule has 1 saturated carbocycles. The predicted molar refractivity (Wildman–Crippen MR) is 156 cm³/mol. The van der Waals surface area contributed by atoms with Gasteiger partial charge in [-0.05, 0) is 54.4 Å². The van der Waals surface area contributed by atoms with Crippen LogP contribution in [-0.2, 0) is 37.6 Å². The fourth-order valence-corrected chi connectivity index (χ4v) is 6.74. The summed E-state index contributed by atoms with van der Waals surface area (Å²) in [6.45, 7) is 4.53. The van der Waals surface area contributed by atoms with Gasteiger partial charge in [0.2, 0.25) is 17.6 Å². The number of carbonyl (C=O) groups is 5. The molecule has 2 aromatic rings. The number of hydrogen-bond donors (Lipinski definition) is 3. The van der Waals surface area contributed by atoms with Gasteiger partial charge in [-0.2, -0.15) is 5.10 Å². The first-order valence-electron chi connectivity index (χ1n) is 14.1. The van der Waals surface area contributed by atoms with Crippen LogP contribution in [0.2, 0.25) is 10.0 Å². The lowest BCUT2D eigenvalue weighted by molar-refractivity contribution is -0.144. The van der Waals surface area contributed by atoms with E-state index in [1.165, 1.54) is 11.0 Å². The average Bonchev–Trinajstić information content (AvgIpc) is 3.46. The Morgan fingerprint density at radius 1 is 1.21 bits per heavy atom. The van der Waals surface area contributed by atoms with Crippen LogP contribution in [-0.4, -0.2) is 75.9 Å². The highest BCUT2D eigenvalue weighted by atomic mass is 35.5. The van der Waals surface area contributed by atoms with Gasteiger partial charge in [0.15, 0.2) is 6.61 Å². The normalized spacial score (nSPS) is 24.1. The Hall–Kier alpha value is -3.64. The number of ether oxygens (including phenoxy) is 1. The molecule has 1 aliphatic carbocycles. The molecule has 2 saturated heterocycles. The van der Waals surface area contributed by atoms with Crippen LogP contribution >= 0.6 is 23.2 Å². The largest absolute Gasteiger partial charge is 0.482 e. The number of piperidine rings is 1. The number of rotatable bonds is 11. The number of Topliss-reactive ketones (excluding diaryl/α,β-unsaturated/α-hetero) is 1. The van der Waals surface area contributed by atoms with Crippen LogP contribution in [0.15, 0.2) is 30.5 Å². The maximum atomic E-state index is 13.8. The van der Waals surface area contributed by atoms with Gasteiger partial charge in [-0.3, -0.25) is 28.7 Å². The summed E-state index contributed by atoms with van der Waals surface area (Å²) >= 11 is 12.1. The van der Waals surface area contributed by atoms with E-state index >= 15 is 0 Å². The van der Waals surface area contributed by atoms with E-state index in [9.17, 15) is 24.0 Å². The van der Waals surface area contributed by atoms with E-state index in [0.717, 1.165) is 0 Å². The molecule has 43 heavy (non-hydrogen) atoms. The smallest absolute Gasteiger partial charge is 0.289 e. The monoisotopic (exact) mass is 632 g/mol. The number of aryl methyl sites for hydroxylation is 1. The molecule has 0 radical (unpaired) electrons. The Kier molecular flexibility index (Phi) is 8.71. The number of ketones is 1. The minimum Gasteiger partial charge on any atom is -0.482 e. The first kappa shape index (κ1) is 30.8. The third-order valence-electron chi connectivity index (χ3n) is 8.78. The minimum atomic E-state index is -1.26. The van der Waals surface area contributed by atoms with Gasteiger partial charge >= 0.3 is 0 Å². The maximum absolute atomic E-state index is 13.8. The van der Waals surface area contributed by atoms with Crippen LogP contribution in [0.1, 0.15) is 32.4 Å². The Morgan fingerprint density at radius 2 is 1.98 bits per heavy atom. The Bertz CT molecular complexity index is 1460. The van der Waals surface area contributed by atoms with Crippen molar-refractivity contribution in [2.24, 2.45) is 30.2 Å². The molecule has 5 atom stereocenters. The third kappa shape index (κ3) is 6.50. The molecule has 0 unspecified atom stereocenters. The SMILES string of the molecule is Cn1ccc(CNC(=O)C(=O)[C@H](C[C@@H]2CCNC2=O)NC(=O)[C@@H]2[C@@H]3[C@H](CN2C(=O)COc2ccc(Cl)cc2Cl)C3(C)C)n1. The van der Waals surface area contributed by atoms with Gasteiger partial charge in [-0.15, -0.1) is 0 Å². The third-order valence-corrected chi connectivity index (χ3v) is 9.31. The number of aromatic nitrogens is 2. The van der Waals surface area contributed by atoms with Gasteiger partial charge in [0.05, 0.1) is 23.3 Å². The zero-order valence-corrected chi connectivity index (χ0v) is 25.6. The standard InChI is InChI=1S/C29H34Cl2N6O6/c1-29(2)18-13-37(22(38)14-43-21-5-4-16(30)11-19(21)31)24(23(18)29)27(41)34-20(10-15-6-8-32-26(15)40)25(39)28(42)33-12-17-7-9-36(3)35-17/h4-5,7,9,11,15,18,20,23-24H,6,8,10,12-14H2,1-3H3,(H,32,40)(H,33,42)(H,34,41)/t15-,18-,20-,23-,24-/m0/s1. The lowest BCUT2D eigenvalue weighted by atomic mass is 9.94. The number of hydrogen-bond acceptors (Lipinski definition) is 7. The molecule has 0 bridgehead atoms. The van der Waals surface area contributed by atoms with Gasteiger partial charge in [-0.25, -0.2) is 0 Å². The van der Waals surface area contributed by atoms with E-state index in [1.807, 2.05) is 13.8 Å². The van der Waals surface area contributed by atoms with E-state index < -0.39 is 41.5 Å². The van der Waals surface area contributed by atoms with Gasteiger partial charge in [0, 0.05) is 37.3 Å². The summed E-state index contributed by atoms with van der Waals surface area (Å²) in [5.74, 6) is -3.28. The van der Waals surface area contributed by atoms with Crippen molar-refractivity contribution in [3.05, 3.63) is 46.2 Å². The summed E-state index contributed by atoms with van der Waals surface area (Å²) in [7, 11) is 1.73. The zero-order chi connectivity index (χ0) is 31.1. The van der Waals surface area contributed by atoms with Crippen molar-refractivity contribution in [1.29, 1.82) is 0 Å². The van der Waals surface area contributed by atoms with Crippen molar-refractivity contribution in [1.82, 2.24) is 30.6 Å². The zero-order valence-electron chi connectivity index (χ0n) is 24.1. The number of fused-ring (bicyclic) bond motifs is 1. The van der Waals surface area contributed by atoms with Crippen molar-refractivity contribution in [3.63, 3.8) is 0 Å². The summed E-state index contributed by atoms with van der Waals surface area (Å²) in [5.41, 5.74) is 0.368. The van der Waals surface area contributed by atoms with Crippen LogP contribution in [0.3, 0.4) is 0 Å². The molecule has 12 nitrogen and oxygen atoms in total. The number of carbonyl (C=O) groups excluding carboxylic acids is 5. The molecule has 3 N–H and O–H groups in total. The second kappa shape index (κ2) is 12.2. The number of likely N-dealkylation sites (tertiary alicyclic amines) is 1. The number of nitrogens with zero attached hydrogens (tertiary/aromatic N) is 3.